The number of ether oxygens (including phenoxy) is 1. The molecule has 0 saturated carbocycles. The Labute approximate surface area is 104 Å². The molecule has 0 aromatic heterocycles. The molecule has 1 aliphatic rings. The fraction of sp³-hybridized carbons (Fsp3) is 0.143. The lowest BCUT2D eigenvalue weighted by Gasteiger charge is -2.15. The van der Waals surface area contributed by atoms with E-state index in [0.717, 1.165) is 11.3 Å². The summed E-state index contributed by atoms with van der Waals surface area (Å²) in [6.07, 6.45) is 0. The normalized spacial score (nSPS) is 17.1. The first-order chi connectivity index (χ1) is 8.75. The molecule has 2 aromatic carbocycles. The molecule has 3 rings (SSSR count). The Balaban J connectivity index is 1.89. The molecule has 0 bridgehead atoms. The minimum atomic E-state index is -0.410. The number of nitrogen functional groups attached to an aromatic ring is 1. The van der Waals surface area contributed by atoms with E-state index in [1.807, 2.05) is 24.3 Å². The molecule has 3 nitrogen and oxygen atoms in total. The van der Waals surface area contributed by atoms with Crippen LogP contribution < -0.4 is 15.8 Å². The fourth-order valence-corrected chi connectivity index (χ4v) is 2.13. The zero-order chi connectivity index (χ0) is 12.5. The standard InChI is InChI=1S/C14H13FN2O/c15-10-5-3-6-11(14(10)16)17-12-8-18-13-7-2-1-4-9(12)13/h1-7,12,17H,8,16H2. The number of fused-ring (bicyclic) bond motifs is 1. The molecule has 1 heterocycles. The van der Waals surface area contributed by atoms with Gasteiger partial charge in [-0.25, -0.2) is 4.39 Å². The van der Waals surface area contributed by atoms with Crippen LogP contribution in [0, 0.1) is 5.82 Å². The van der Waals surface area contributed by atoms with Crippen molar-refractivity contribution in [2.24, 2.45) is 0 Å². The smallest absolute Gasteiger partial charge is 0.148 e. The van der Waals surface area contributed by atoms with Crippen molar-refractivity contribution in [1.29, 1.82) is 0 Å². The third kappa shape index (κ3) is 1.76. The minimum absolute atomic E-state index is 0.00491. The van der Waals surface area contributed by atoms with Crippen LogP contribution in [0.15, 0.2) is 42.5 Å². The molecule has 0 radical (unpaired) electrons. The Morgan fingerprint density at radius 1 is 1.17 bits per heavy atom. The summed E-state index contributed by atoms with van der Waals surface area (Å²) >= 11 is 0. The lowest BCUT2D eigenvalue weighted by atomic mass is 10.1. The monoisotopic (exact) mass is 244 g/mol. The maximum atomic E-state index is 13.4. The minimum Gasteiger partial charge on any atom is -0.491 e. The average molecular weight is 244 g/mol. The first kappa shape index (κ1) is 10.9. The molecule has 1 aliphatic heterocycles. The largest absolute Gasteiger partial charge is 0.491 e. The summed E-state index contributed by atoms with van der Waals surface area (Å²) in [5.41, 5.74) is 7.51. The van der Waals surface area contributed by atoms with Crippen molar-refractivity contribution in [3.8, 4) is 5.75 Å². The number of hydrogen-bond acceptors (Lipinski definition) is 3. The van der Waals surface area contributed by atoms with Gasteiger partial charge in [-0.3, -0.25) is 0 Å². The van der Waals surface area contributed by atoms with Gasteiger partial charge in [0.1, 0.15) is 18.2 Å². The molecule has 0 spiro atoms. The summed E-state index contributed by atoms with van der Waals surface area (Å²) in [4.78, 5) is 0. The van der Waals surface area contributed by atoms with Gasteiger partial charge < -0.3 is 15.8 Å². The highest BCUT2D eigenvalue weighted by molar-refractivity contribution is 5.67. The zero-order valence-electron chi connectivity index (χ0n) is 9.69. The Hall–Kier alpha value is -2.23. The van der Waals surface area contributed by atoms with Crippen LogP contribution in [0.5, 0.6) is 5.75 Å². The first-order valence-electron chi connectivity index (χ1n) is 5.78. The molecule has 2 aromatic rings. The van der Waals surface area contributed by atoms with Crippen molar-refractivity contribution in [3.05, 3.63) is 53.8 Å². The van der Waals surface area contributed by atoms with Crippen molar-refractivity contribution < 1.29 is 9.13 Å². The van der Waals surface area contributed by atoms with Gasteiger partial charge in [-0.15, -0.1) is 0 Å². The fourth-order valence-electron chi connectivity index (χ4n) is 2.13. The van der Waals surface area contributed by atoms with Gasteiger partial charge in [0, 0.05) is 5.56 Å². The van der Waals surface area contributed by atoms with Gasteiger partial charge in [0.25, 0.3) is 0 Å². The van der Waals surface area contributed by atoms with E-state index in [9.17, 15) is 4.39 Å². The topological polar surface area (TPSA) is 47.3 Å². The van der Waals surface area contributed by atoms with Crippen LogP contribution in [-0.4, -0.2) is 6.61 Å². The molecule has 3 N–H and O–H groups in total. The van der Waals surface area contributed by atoms with Gasteiger partial charge in [0.2, 0.25) is 0 Å². The van der Waals surface area contributed by atoms with E-state index < -0.39 is 5.82 Å². The van der Waals surface area contributed by atoms with E-state index >= 15 is 0 Å². The van der Waals surface area contributed by atoms with E-state index in [2.05, 4.69) is 5.32 Å². The molecule has 0 saturated heterocycles. The Morgan fingerprint density at radius 3 is 2.89 bits per heavy atom. The summed E-state index contributed by atoms with van der Waals surface area (Å²) in [5, 5.41) is 3.22. The van der Waals surface area contributed by atoms with Crippen molar-refractivity contribution in [2.75, 3.05) is 17.7 Å². The SMILES string of the molecule is Nc1c(F)cccc1NC1COc2ccccc21. The van der Waals surface area contributed by atoms with E-state index in [4.69, 9.17) is 10.5 Å². The van der Waals surface area contributed by atoms with Crippen molar-refractivity contribution in [2.45, 2.75) is 6.04 Å². The van der Waals surface area contributed by atoms with Crippen LogP contribution in [-0.2, 0) is 0 Å². The number of hydrogen-bond donors (Lipinski definition) is 2. The molecular formula is C14H13FN2O. The summed E-state index contributed by atoms with van der Waals surface area (Å²) in [7, 11) is 0. The molecule has 0 aliphatic carbocycles. The van der Waals surface area contributed by atoms with Gasteiger partial charge >= 0.3 is 0 Å². The van der Waals surface area contributed by atoms with Gasteiger partial charge in [-0.2, -0.15) is 0 Å². The second kappa shape index (κ2) is 4.22. The molecule has 4 heteroatoms. The average Bonchev–Trinajstić information content (AvgIpc) is 2.79. The first-order valence-corrected chi connectivity index (χ1v) is 5.78. The third-order valence-corrected chi connectivity index (χ3v) is 3.08. The van der Waals surface area contributed by atoms with E-state index in [1.165, 1.54) is 6.07 Å². The lowest BCUT2D eigenvalue weighted by molar-refractivity contribution is 0.340. The lowest BCUT2D eigenvalue weighted by Crippen LogP contribution is -2.13. The van der Waals surface area contributed by atoms with Crippen molar-refractivity contribution >= 4 is 11.4 Å². The van der Waals surface area contributed by atoms with Gasteiger partial charge in [0.05, 0.1) is 17.4 Å². The second-order valence-electron chi connectivity index (χ2n) is 4.25. The highest BCUT2D eigenvalue weighted by atomic mass is 19.1. The molecule has 0 amide bonds. The van der Waals surface area contributed by atoms with Crippen LogP contribution in [0.25, 0.3) is 0 Å². The number of benzene rings is 2. The molecule has 92 valence electrons. The molecule has 18 heavy (non-hydrogen) atoms. The number of halogens is 1. The maximum absolute atomic E-state index is 13.4. The predicted molar refractivity (Wildman–Crippen MR) is 69.1 cm³/mol. The number of nitrogens with two attached hydrogens (primary N) is 1. The van der Waals surface area contributed by atoms with E-state index in [0.29, 0.717) is 12.3 Å². The van der Waals surface area contributed by atoms with Gasteiger partial charge in [-0.05, 0) is 18.2 Å². The Kier molecular flexibility index (Phi) is 2.55. The Morgan fingerprint density at radius 2 is 2.00 bits per heavy atom. The molecule has 1 unspecified atom stereocenters. The van der Waals surface area contributed by atoms with Crippen molar-refractivity contribution in [1.82, 2.24) is 0 Å². The number of nitrogens with one attached hydrogen (secondary N) is 1. The summed E-state index contributed by atoms with van der Waals surface area (Å²) in [6.45, 7) is 0.523. The van der Waals surface area contributed by atoms with Gasteiger partial charge in [-0.1, -0.05) is 24.3 Å². The Bertz CT molecular complexity index is 586. The van der Waals surface area contributed by atoms with E-state index in [-0.39, 0.29) is 11.7 Å². The second-order valence-corrected chi connectivity index (χ2v) is 4.25. The molecule has 1 atom stereocenters. The van der Waals surface area contributed by atoms with Crippen LogP contribution in [0.1, 0.15) is 11.6 Å². The van der Waals surface area contributed by atoms with Crippen molar-refractivity contribution in [3.63, 3.8) is 0 Å². The molecule has 0 fully saturated rings. The van der Waals surface area contributed by atoms with Crippen LogP contribution in [0.2, 0.25) is 0 Å². The summed E-state index contributed by atoms with van der Waals surface area (Å²) in [5.74, 6) is 0.456. The molecular weight excluding hydrogens is 231 g/mol. The van der Waals surface area contributed by atoms with Crippen LogP contribution in [0.3, 0.4) is 0 Å². The highest BCUT2D eigenvalue weighted by Crippen LogP contribution is 2.35. The predicted octanol–water partition coefficient (Wildman–Crippen LogP) is 2.95. The van der Waals surface area contributed by atoms with E-state index in [1.54, 1.807) is 12.1 Å². The van der Waals surface area contributed by atoms with Crippen LogP contribution >= 0.6 is 0 Å². The quantitative estimate of drug-likeness (QED) is 0.798. The van der Waals surface area contributed by atoms with Gasteiger partial charge in [0.15, 0.2) is 0 Å². The summed E-state index contributed by atoms with van der Waals surface area (Å²) < 4.78 is 18.9. The maximum Gasteiger partial charge on any atom is 0.148 e. The number of rotatable bonds is 2. The summed E-state index contributed by atoms with van der Waals surface area (Å²) in [6, 6.07) is 12.6. The van der Waals surface area contributed by atoms with Crippen LogP contribution in [0.4, 0.5) is 15.8 Å². The highest BCUT2D eigenvalue weighted by Gasteiger charge is 2.24. The zero-order valence-corrected chi connectivity index (χ0v) is 9.69. The third-order valence-electron chi connectivity index (χ3n) is 3.08. The number of para-hydroxylation sites is 2. The number of anilines is 2.